The quantitative estimate of drug-likeness (QED) is 0.645. The fourth-order valence-electron chi connectivity index (χ4n) is 6.07. The number of hydrogen-bond donors (Lipinski definition) is 0. The molecule has 6 unspecified atom stereocenters. The van der Waals surface area contributed by atoms with Crippen LogP contribution in [0.15, 0.2) is 0 Å². The number of hydrogen-bond acceptors (Lipinski definition) is 1. The van der Waals surface area contributed by atoms with Crippen molar-refractivity contribution < 1.29 is 0 Å². The minimum atomic E-state index is 0.929. The normalized spacial score (nSPS) is 47.0. The van der Waals surface area contributed by atoms with E-state index in [2.05, 4.69) is 25.8 Å². The molecule has 2 aliphatic carbocycles. The van der Waals surface area contributed by atoms with Crippen LogP contribution in [-0.4, -0.2) is 24.5 Å². The molecule has 0 aromatic carbocycles. The highest BCUT2D eigenvalue weighted by Gasteiger charge is 2.45. The first kappa shape index (κ1) is 14.9. The molecule has 0 aromatic rings. The first-order valence-corrected chi connectivity index (χ1v) is 9.41. The Labute approximate surface area is 126 Å². The zero-order valence-electron chi connectivity index (χ0n) is 14.0. The second-order valence-electron chi connectivity index (χ2n) is 8.21. The number of rotatable bonds is 2. The van der Waals surface area contributed by atoms with E-state index in [0.29, 0.717) is 0 Å². The van der Waals surface area contributed by atoms with E-state index in [1.165, 1.54) is 64.3 Å². The maximum atomic E-state index is 2.77. The molecule has 1 nitrogen and oxygen atoms in total. The van der Waals surface area contributed by atoms with Crippen molar-refractivity contribution in [1.82, 2.24) is 4.90 Å². The molecule has 0 radical (unpaired) electrons. The van der Waals surface area contributed by atoms with Gasteiger partial charge in [-0.05, 0) is 62.3 Å². The Kier molecular flexibility index (Phi) is 4.75. The average molecular weight is 277 g/mol. The lowest BCUT2D eigenvalue weighted by molar-refractivity contribution is 0.142. The Bertz CT molecular complexity index is 313. The fourth-order valence-corrected chi connectivity index (χ4v) is 6.07. The van der Waals surface area contributed by atoms with Crippen molar-refractivity contribution in [1.29, 1.82) is 0 Å². The van der Waals surface area contributed by atoms with Gasteiger partial charge in [0, 0.05) is 12.6 Å². The van der Waals surface area contributed by atoms with Gasteiger partial charge < -0.3 is 4.90 Å². The summed E-state index contributed by atoms with van der Waals surface area (Å²) in [5.74, 6) is 5.06. The molecule has 0 spiro atoms. The predicted molar refractivity (Wildman–Crippen MR) is 86.8 cm³/mol. The summed E-state index contributed by atoms with van der Waals surface area (Å²) in [4.78, 5) is 2.77. The van der Waals surface area contributed by atoms with Gasteiger partial charge in [0.05, 0.1) is 0 Å². The van der Waals surface area contributed by atoms with Gasteiger partial charge in [0.25, 0.3) is 0 Å². The molecular weight excluding hydrogens is 242 g/mol. The molecule has 116 valence electrons. The van der Waals surface area contributed by atoms with Crippen molar-refractivity contribution in [3.8, 4) is 0 Å². The molecule has 3 aliphatic rings. The summed E-state index contributed by atoms with van der Waals surface area (Å²) in [5, 5.41) is 0. The van der Waals surface area contributed by atoms with E-state index in [1.807, 2.05) is 0 Å². The molecule has 1 aliphatic heterocycles. The van der Waals surface area contributed by atoms with Gasteiger partial charge in [-0.3, -0.25) is 0 Å². The van der Waals surface area contributed by atoms with E-state index in [4.69, 9.17) is 0 Å². The van der Waals surface area contributed by atoms with Crippen LogP contribution in [-0.2, 0) is 0 Å². The molecule has 3 fully saturated rings. The molecule has 0 N–H and O–H groups in total. The molecule has 1 heterocycles. The summed E-state index contributed by atoms with van der Waals surface area (Å²) >= 11 is 0. The highest BCUT2D eigenvalue weighted by molar-refractivity contribution is 4.97. The van der Waals surface area contributed by atoms with Crippen molar-refractivity contribution in [3.63, 3.8) is 0 Å². The third-order valence-electron chi connectivity index (χ3n) is 7.07. The minimum absolute atomic E-state index is 0.929. The largest absolute Gasteiger partial charge is 0.303 e. The Morgan fingerprint density at radius 2 is 1.70 bits per heavy atom. The van der Waals surface area contributed by atoms with Crippen LogP contribution in [0.3, 0.4) is 0 Å². The fraction of sp³-hybridized carbons (Fsp3) is 1.00. The van der Waals surface area contributed by atoms with E-state index in [9.17, 15) is 0 Å². The molecule has 3 rings (SSSR count). The zero-order valence-corrected chi connectivity index (χ0v) is 14.0. The van der Waals surface area contributed by atoms with Crippen LogP contribution in [0.5, 0.6) is 0 Å². The van der Waals surface area contributed by atoms with Crippen molar-refractivity contribution in [2.45, 2.75) is 77.7 Å². The Hall–Kier alpha value is -0.0400. The van der Waals surface area contributed by atoms with Crippen LogP contribution >= 0.6 is 0 Å². The Morgan fingerprint density at radius 3 is 2.50 bits per heavy atom. The molecule has 0 aromatic heterocycles. The van der Waals surface area contributed by atoms with Gasteiger partial charge in [0.1, 0.15) is 0 Å². The van der Waals surface area contributed by atoms with E-state index < -0.39 is 0 Å². The van der Waals surface area contributed by atoms with Crippen LogP contribution in [0.1, 0.15) is 71.6 Å². The molecule has 1 saturated heterocycles. The maximum Gasteiger partial charge on any atom is 0.0152 e. The first-order chi connectivity index (χ1) is 9.70. The minimum Gasteiger partial charge on any atom is -0.303 e. The average Bonchev–Trinajstić information content (AvgIpc) is 2.66. The summed E-state index contributed by atoms with van der Waals surface area (Å²) in [6.07, 6.45) is 13.5. The van der Waals surface area contributed by atoms with Crippen LogP contribution in [0.2, 0.25) is 0 Å². The lowest BCUT2D eigenvalue weighted by atomic mass is 9.72. The number of fused-ring (bicyclic) bond motifs is 1. The molecular formula is C19H35N. The second kappa shape index (κ2) is 6.38. The van der Waals surface area contributed by atoms with Crippen molar-refractivity contribution >= 4 is 0 Å². The van der Waals surface area contributed by atoms with Crippen molar-refractivity contribution in [2.75, 3.05) is 13.6 Å². The molecule has 1 heteroatoms. The summed E-state index contributed by atoms with van der Waals surface area (Å²) in [5.41, 5.74) is 0. The molecule has 0 bridgehead atoms. The summed E-state index contributed by atoms with van der Waals surface area (Å²) < 4.78 is 0. The van der Waals surface area contributed by atoms with Crippen LogP contribution < -0.4 is 0 Å². The molecule has 0 amide bonds. The van der Waals surface area contributed by atoms with Crippen LogP contribution in [0, 0.1) is 29.6 Å². The third-order valence-corrected chi connectivity index (χ3v) is 7.07. The topological polar surface area (TPSA) is 3.24 Å². The van der Waals surface area contributed by atoms with Gasteiger partial charge in [-0.1, -0.05) is 46.0 Å². The number of likely N-dealkylation sites (tertiary alicyclic amines) is 1. The summed E-state index contributed by atoms with van der Waals surface area (Å²) in [6.45, 7) is 6.34. The van der Waals surface area contributed by atoms with Crippen molar-refractivity contribution in [3.05, 3.63) is 0 Å². The smallest absolute Gasteiger partial charge is 0.0152 e. The van der Waals surface area contributed by atoms with Crippen molar-refractivity contribution in [2.24, 2.45) is 29.6 Å². The SMILES string of the molecule is CCC1CCCC(C2C3CCCCC3CN2C)CC1C. The monoisotopic (exact) mass is 277 g/mol. The molecule has 6 atom stereocenters. The first-order valence-electron chi connectivity index (χ1n) is 9.41. The number of nitrogens with zero attached hydrogens (tertiary/aromatic N) is 1. The standard InChI is InChI=1S/C19H35N/c1-4-15-9-7-10-16(12-14(15)2)19-18-11-6-5-8-17(18)13-20(19)3/h14-19H,4-13H2,1-3H3. The zero-order chi connectivity index (χ0) is 14.1. The Morgan fingerprint density at radius 1 is 0.950 bits per heavy atom. The predicted octanol–water partition coefficient (Wildman–Crippen LogP) is 4.96. The van der Waals surface area contributed by atoms with Gasteiger partial charge in [0.2, 0.25) is 0 Å². The van der Waals surface area contributed by atoms with Gasteiger partial charge in [-0.15, -0.1) is 0 Å². The van der Waals surface area contributed by atoms with Gasteiger partial charge >= 0.3 is 0 Å². The van der Waals surface area contributed by atoms with Gasteiger partial charge in [-0.2, -0.15) is 0 Å². The summed E-state index contributed by atoms with van der Waals surface area (Å²) in [6, 6.07) is 0.929. The summed E-state index contributed by atoms with van der Waals surface area (Å²) in [7, 11) is 2.43. The van der Waals surface area contributed by atoms with Crippen LogP contribution in [0.4, 0.5) is 0 Å². The highest BCUT2D eigenvalue weighted by Crippen LogP contribution is 2.46. The Balaban J connectivity index is 1.71. The van der Waals surface area contributed by atoms with E-state index in [1.54, 1.807) is 0 Å². The maximum absolute atomic E-state index is 2.77. The van der Waals surface area contributed by atoms with E-state index in [-0.39, 0.29) is 0 Å². The van der Waals surface area contributed by atoms with E-state index in [0.717, 1.165) is 35.6 Å². The lowest BCUT2D eigenvalue weighted by Crippen LogP contribution is -2.38. The highest BCUT2D eigenvalue weighted by atomic mass is 15.2. The van der Waals surface area contributed by atoms with E-state index >= 15 is 0 Å². The second-order valence-corrected chi connectivity index (χ2v) is 8.21. The van der Waals surface area contributed by atoms with Gasteiger partial charge in [0.15, 0.2) is 0 Å². The third kappa shape index (κ3) is 2.80. The molecule has 20 heavy (non-hydrogen) atoms. The molecule has 2 saturated carbocycles. The van der Waals surface area contributed by atoms with Crippen LogP contribution in [0.25, 0.3) is 0 Å². The lowest BCUT2D eigenvalue weighted by Gasteiger charge is -2.36. The van der Waals surface area contributed by atoms with Gasteiger partial charge in [-0.25, -0.2) is 0 Å².